The fraction of sp³-hybridized carbons (Fsp3) is 0.440. The molecule has 0 saturated carbocycles. The molecule has 0 radical (unpaired) electrons. The summed E-state index contributed by atoms with van der Waals surface area (Å²) in [5.74, 6) is 0.256. The van der Waals surface area contributed by atoms with Gasteiger partial charge in [0.05, 0.1) is 26.2 Å². The van der Waals surface area contributed by atoms with Crippen LogP contribution in [0.2, 0.25) is 0 Å². The Balaban J connectivity index is 1.41. The Morgan fingerprint density at radius 2 is 1.57 bits per heavy atom. The Bertz CT molecular complexity index is 848. The van der Waals surface area contributed by atoms with Gasteiger partial charge in [-0.05, 0) is 48.9 Å². The van der Waals surface area contributed by atoms with Gasteiger partial charge in [-0.15, -0.1) is 0 Å². The highest BCUT2D eigenvalue weighted by molar-refractivity contribution is 5.93. The third-order valence-corrected chi connectivity index (χ3v) is 6.04. The van der Waals surface area contributed by atoms with E-state index in [0.29, 0.717) is 13.0 Å². The summed E-state index contributed by atoms with van der Waals surface area (Å²) in [5.41, 5.74) is 5.62. The van der Waals surface area contributed by atoms with Gasteiger partial charge in [0, 0.05) is 12.1 Å². The molecule has 3 rings (SSSR count). The number of benzene rings is 2. The smallest absolute Gasteiger partial charge is 0.279 e. The lowest BCUT2D eigenvalue weighted by atomic mass is 10.1. The van der Waals surface area contributed by atoms with Gasteiger partial charge < -0.3 is 15.1 Å². The van der Waals surface area contributed by atoms with Gasteiger partial charge in [-0.3, -0.25) is 9.59 Å². The molecule has 1 saturated heterocycles. The standard InChI is InChI=1S/C25H33N3O2/c1-4-21-8-10-22(11-9-21)12-13-24(30)28-16-14-27(15-17-28)18-23(29)26-25-19(2)6-5-7-20(25)3/h5-11H,4,12-18H2,1-3H3,(H,26,29)/p+1. The second-order valence-electron chi connectivity index (χ2n) is 8.29. The Morgan fingerprint density at radius 3 is 2.17 bits per heavy atom. The molecule has 5 nitrogen and oxygen atoms in total. The van der Waals surface area contributed by atoms with Crippen LogP contribution in [0.1, 0.15) is 35.6 Å². The van der Waals surface area contributed by atoms with Crippen molar-refractivity contribution in [3.63, 3.8) is 0 Å². The molecule has 30 heavy (non-hydrogen) atoms. The zero-order chi connectivity index (χ0) is 21.5. The second-order valence-corrected chi connectivity index (χ2v) is 8.29. The van der Waals surface area contributed by atoms with Crippen molar-refractivity contribution in [2.24, 2.45) is 0 Å². The third kappa shape index (κ3) is 5.92. The van der Waals surface area contributed by atoms with Gasteiger partial charge in [0.25, 0.3) is 5.91 Å². The number of carbonyl (C=O) groups excluding carboxylic acids is 2. The van der Waals surface area contributed by atoms with Gasteiger partial charge >= 0.3 is 0 Å². The lowest BCUT2D eigenvalue weighted by molar-refractivity contribution is -0.895. The number of amides is 2. The molecule has 1 aliphatic heterocycles. The number of hydrogen-bond acceptors (Lipinski definition) is 2. The van der Waals surface area contributed by atoms with Crippen LogP contribution in [0.15, 0.2) is 42.5 Å². The van der Waals surface area contributed by atoms with Crippen molar-refractivity contribution in [1.29, 1.82) is 0 Å². The van der Waals surface area contributed by atoms with Crippen LogP contribution in [0.4, 0.5) is 5.69 Å². The maximum absolute atomic E-state index is 12.6. The topological polar surface area (TPSA) is 53.9 Å². The Hall–Kier alpha value is -2.66. The maximum atomic E-state index is 12.6. The second kappa shape index (κ2) is 10.4. The lowest BCUT2D eigenvalue weighted by Gasteiger charge is -2.32. The van der Waals surface area contributed by atoms with E-state index in [2.05, 4.69) is 36.5 Å². The number of rotatable bonds is 7. The third-order valence-electron chi connectivity index (χ3n) is 6.04. The predicted octanol–water partition coefficient (Wildman–Crippen LogP) is 2.16. The van der Waals surface area contributed by atoms with E-state index in [-0.39, 0.29) is 11.8 Å². The number of anilines is 1. The predicted molar refractivity (Wildman–Crippen MR) is 121 cm³/mol. The maximum Gasteiger partial charge on any atom is 0.279 e. The molecule has 1 fully saturated rings. The van der Waals surface area contributed by atoms with Crippen LogP contribution in [-0.2, 0) is 22.4 Å². The van der Waals surface area contributed by atoms with Gasteiger partial charge in [-0.2, -0.15) is 0 Å². The van der Waals surface area contributed by atoms with Crippen molar-refractivity contribution in [2.75, 3.05) is 38.0 Å². The number of nitrogens with one attached hydrogen (secondary N) is 2. The van der Waals surface area contributed by atoms with Crippen molar-refractivity contribution in [3.8, 4) is 0 Å². The average molecular weight is 409 g/mol. The molecule has 5 heteroatoms. The normalized spacial score (nSPS) is 14.6. The molecule has 0 bridgehead atoms. The van der Waals surface area contributed by atoms with Crippen LogP contribution < -0.4 is 10.2 Å². The van der Waals surface area contributed by atoms with Gasteiger partial charge in [0.2, 0.25) is 5.91 Å². The molecule has 2 N–H and O–H groups in total. The molecular formula is C25H34N3O2+. The fourth-order valence-electron chi connectivity index (χ4n) is 4.02. The van der Waals surface area contributed by atoms with Crippen molar-refractivity contribution in [3.05, 3.63) is 64.7 Å². The van der Waals surface area contributed by atoms with Gasteiger partial charge in [-0.1, -0.05) is 49.4 Å². The minimum atomic E-state index is 0.0395. The van der Waals surface area contributed by atoms with Crippen molar-refractivity contribution in [2.45, 2.75) is 40.0 Å². The molecule has 0 aliphatic carbocycles. The lowest BCUT2D eigenvalue weighted by Crippen LogP contribution is -3.15. The Morgan fingerprint density at radius 1 is 0.967 bits per heavy atom. The minimum Gasteiger partial charge on any atom is -0.331 e. The summed E-state index contributed by atoms with van der Waals surface area (Å²) in [6.45, 7) is 9.69. The molecule has 1 heterocycles. The molecule has 0 atom stereocenters. The summed E-state index contributed by atoms with van der Waals surface area (Å²) in [6, 6.07) is 14.6. The molecule has 0 spiro atoms. The number of carbonyl (C=O) groups is 2. The summed E-state index contributed by atoms with van der Waals surface area (Å²) >= 11 is 0. The molecule has 0 aromatic heterocycles. The number of piperazine rings is 1. The first-order chi connectivity index (χ1) is 14.5. The Labute approximate surface area is 180 Å². The molecule has 1 aliphatic rings. The summed E-state index contributed by atoms with van der Waals surface area (Å²) < 4.78 is 0. The zero-order valence-corrected chi connectivity index (χ0v) is 18.5. The monoisotopic (exact) mass is 408 g/mol. The van der Waals surface area contributed by atoms with Crippen LogP contribution in [0.3, 0.4) is 0 Å². The van der Waals surface area contributed by atoms with E-state index < -0.39 is 0 Å². The Kier molecular flexibility index (Phi) is 7.63. The first-order valence-electron chi connectivity index (χ1n) is 11.0. The highest BCUT2D eigenvalue weighted by atomic mass is 16.2. The van der Waals surface area contributed by atoms with Crippen LogP contribution in [0, 0.1) is 13.8 Å². The quantitative estimate of drug-likeness (QED) is 0.738. The average Bonchev–Trinajstić information content (AvgIpc) is 2.75. The zero-order valence-electron chi connectivity index (χ0n) is 18.5. The van der Waals surface area contributed by atoms with Crippen molar-refractivity contribution < 1.29 is 14.5 Å². The first-order valence-corrected chi connectivity index (χ1v) is 11.0. The SMILES string of the molecule is CCc1ccc(CCC(=O)N2CC[NH+](CC(=O)Nc3c(C)cccc3C)CC2)cc1. The van der Waals surface area contributed by atoms with E-state index in [1.807, 2.05) is 36.9 Å². The highest BCUT2D eigenvalue weighted by Gasteiger charge is 2.25. The molecular weight excluding hydrogens is 374 g/mol. The summed E-state index contributed by atoms with van der Waals surface area (Å²) in [4.78, 5) is 28.3. The van der Waals surface area contributed by atoms with Gasteiger partial charge in [-0.25, -0.2) is 0 Å². The van der Waals surface area contributed by atoms with Crippen LogP contribution in [-0.4, -0.2) is 49.4 Å². The number of hydrogen-bond donors (Lipinski definition) is 2. The molecule has 2 aromatic carbocycles. The summed E-state index contributed by atoms with van der Waals surface area (Å²) in [5, 5.41) is 3.07. The van der Waals surface area contributed by atoms with E-state index in [1.54, 1.807) is 0 Å². The minimum absolute atomic E-state index is 0.0395. The summed E-state index contributed by atoms with van der Waals surface area (Å²) in [6.07, 6.45) is 2.37. The van der Waals surface area contributed by atoms with Crippen molar-refractivity contribution >= 4 is 17.5 Å². The van der Waals surface area contributed by atoms with Crippen LogP contribution >= 0.6 is 0 Å². The highest BCUT2D eigenvalue weighted by Crippen LogP contribution is 2.18. The van der Waals surface area contributed by atoms with Crippen molar-refractivity contribution in [1.82, 2.24) is 4.90 Å². The molecule has 160 valence electrons. The van der Waals surface area contributed by atoms with E-state index in [0.717, 1.165) is 55.8 Å². The van der Waals surface area contributed by atoms with E-state index in [9.17, 15) is 9.59 Å². The molecule has 2 aromatic rings. The van der Waals surface area contributed by atoms with Crippen LogP contribution in [0.5, 0.6) is 0 Å². The van der Waals surface area contributed by atoms with E-state index in [4.69, 9.17) is 0 Å². The first kappa shape index (κ1) is 22.0. The number of aryl methyl sites for hydroxylation is 4. The van der Waals surface area contributed by atoms with E-state index >= 15 is 0 Å². The number of quaternary nitrogens is 1. The fourth-order valence-corrected chi connectivity index (χ4v) is 4.02. The number of nitrogens with zero attached hydrogens (tertiary/aromatic N) is 1. The summed E-state index contributed by atoms with van der Waals surface area (Å²) in [7, 11) is 0. The van der Waals surface area contributed by atoms with Gasteiger partial charge in [0.1, 0.15) is 0 Å². The largest absolute Gasteiger partial charge is 0.331 e. The van der Waals surface area contributed by atoms with Crippen LogP contribution in [0.25, 0.3) is 0 Å². The van der Waals surface area contributed by atoms with Gasteiger partial charge in [0.15, 0.2) is 6.54 Å². The molecule has 2 amide bonds. The molecule has 0 unspecified atom stereocenters. The number of para-hydroxylation sites is 1. The van der Waals surface area contributed by atoms with E-state index in [1.165, 1.54) is 16.0 Å².